The quantitative estimate of drug-likeness (QED) is 0.852. The van der Waals surface area contributed by atoms with Gasteiger partial charge in [0, 0.05) is 9.92 Å². The maximum atomic E-state index is 12.1. The van der Waals surface area contributed by atoms with Gasteiger partial charge in [0.1, 0.15) is 6.61 Å². The summed E-state index contributed by atoms with van der Waals surface area (Å²) >= 11 is 7.27. The number of rotatable bonds is 4. The maximum absolute atomic E-state index is 12.1. The molecule has 0 saturated carbocycles. The van der Waals surface area contributed by atoms with E-state index in [0.717, 1.165) is 16.1 Å². The van der Waals surface area contributed by atoms with Crippen molar-refractivity contribution in [2.75, 3.05) is 5.32 Å². The number of halogens is 1. The van der Waals surface area contributed by atoms with E-state index in [1.165, 1.54) is 11.8 Å². The molecule has 0 fully saturated rings. The lowest BCUT2D eigenvalue weighted by molar-refractivity contribution is -0.145. The average Bonchev–Trinajstić information content (AvgIpc) is 2.54. The van der Waals surface area contributed by atoms with E-state index in [1.54, 1.807) is 18.2 Å². The number of fused-ring (bicyclic) bond motifs is 1. The fourth-order valence-electron chi connectivity index (χ4n) is 2.23. The van der Waals surface area contributed by atoms with Crippen LogP contribution in [-0.4, -0.2) is 17.1 Å². The van der Waals surface area contributed by atoms with Crippen LogP contribution in [-0.2, 0) is 20.9 Å². The highest BCUT2D eigenvalue weighted by Gasteiger charge is 2.29. The molecule has 3 rings (SSSR count). The second kappa shape index (κ2) is 7.06. The Hall–Kier alpha value is -1.98. The lowest BCUT2D eigenvalue weighted by Crippen LogP contribution is -2.31. The Morgan fingerprint density at radius 1 is 1.22 bits per heavy atom. The Morgan fingerprint density at radius 2 is 2.04 bits per heavy atom. The molecule has 1 heterocycles. The van der Waals surface area contributed by atoms with Crippen LogP contribution >= 0.6 is 23.4 Å². The second-order valence-electron chi connectivity index (χ2n) is 5.09. The van der Waals surface area contributed by atoms with Crippen molar-refractivity contribution in [2.45, 2.75) is 23.2 Å². The van der Waals surface area contributed by atoms with E-state index in [0.29, 0.717) is 5.02 Å². The fourth-order valence-corrected chi connectivity index (χ4v) is 3.54. The van der Waals surface area contributed by atoms with Crippen molar-refractivity contribution >= 4 is 40.9 Å². The van der Waals surface area contributed by atoms with E-state index in [9.17, 15) is 9.59 Å². The van der Waals surface area contributed by atoms with Crippen LogP contribution in [0.15, 0.2) is 53.4 Å². The molecule has 118 valence electrons. The zero-order valence-corrected chi connectivity index (χ0v) is 13.7. The smallest absolute Gasteiger partial charge is 0.307 e. The topological polar surface area (TPSA) is 55.4 Å². The van der Waals surface area contributed by atoms with Gasteiger partial charge in [-0.15, -0.1) is 11.8 Å². The third-order valence-electron chi connectivity index (χ3n) is 3.35. The number of esters is 1. The second-order valence-corrected chi connectivity index (χ2v) is 6.77. The van der Waals surface area contributed by atoms with Gasteiger partial charge in [-0.3, -0.25) is 9.59 Å². The summed E-state index contributed by atoms with van der Waals surface area (Å²) in [5, 5.41) is 2.93. The van der Waals surface area contributed by atoms with Gasteiger partial charge >= 0.3 is 5.97 Å². The Morgan fingerprint density at radius 3 is 2.87 bits per heavy atom. The summed E-state index contributed by atoms with van der Waals surface area (Å²) in [5.74, 6) is -0.578. The number of amides is 1. The monoisotopic (exact) mass is 347 g/mol. The highest BCUT2D eigenvalue weighted by molar-refractivity contribution is 8.01. The summed E-state index contributed by atoms with van der Waals surface area (Å²) in [7, 11) is 0. The molecule has 6 heteroatoms. The molecule has 1 amide bonds. The van der Waals surface area contributed by atoms with Gasteiger partial charge in [-0.05, 0) is 29.8 Å². The Bertz CT molecular complexity index is 750. The molecule has 0 radical (unpaired) electrons. The molecule has 0 aromatic heterocycles. The maximum Gasteiger partial charge on any atom is 0.307 e. The summed E-state index contributed by atoms with van der Waals surface area (Å²) in [4.78, 5) is 25.0. The minimum absolute atomic E-state index is 0.0331. The number of hydrogen-bond acceptors (Lipinski definition) is 4. The zero-order chi connectivity index (χ0) is 16.2. The van der Waals surface area contributed by atoms with Crippen LogP contribution in [0.3, 0.4) is 0 Å². The van der Waals surface area contributed by atoms with Gasteiger partial charge in [0.05, 0.1) is 17.4 Å². The molecule has 0 spiro atoms. The molecule has 0 aliphatic carbocycles. The van der Waals surface area contributed by atoms with Gasteiger partial charge in [-0.25, -0.2) is 0 Å². The predicted molar refractivity (Wildman–Crippen MR) is 90.6 cm³/mol. The van der Waals surface area contributed by atoms with E-state index in [4.69, 9.17) is 16.3 Å². The molecule has 2 aromatic carbocycles. The lowest BCUT2D eigenvalue weighted by Gasteiger charge is -2.23. The van der Waals surface area contributed by atoms with Gasteiger partial charge in [0.15, 0.2) is 0 Å². The van der Waals surface area contributed by atoms with Crippen molar-refractivity contribution in [3.05, 3.63) is 59.1 Å². The number of thioether (sulfide) groups is 1. The number of carbonyl (C=O) groups excluding carboxylic acids is 2. The first kappa shape index (κ1) is 15.9. The van der Waals surface area contributed by atoms with E-state index in [-0.39, 0.29) is 18.9 Å². The molecule has 1 aliphatic rings. The largest absolute Gasteiger partial charge is 0.461 e. The molecule has 4 nitrogen and oxygen atoms in total. The SMILES string of the molecule is O=C(C[C@H]1Sc2ccccc2NC1=O)OCc1cccc(Cl)c1. The summed E-state index contributed by atoms with van der Waals surface area (Å²) in [5.41, 5.74) is 1.60. The van der Waals surface area contributed by atoms with Crippen LogP contribution < -0.4 is 5.32 Å². The van der Waals surface area contributed by atoms with Crippen LogP contribution in [0.1, 0.15) is 12.0 Å². The summed E-state index contributed by atoms with van der Waals surface area (Å²) in [6.07, 6.45) is 0.0331. The van der Waals surface area contributed by atoms with Crippen molar-refractivity contribution < 1.29 is 14.3 Å². The molecule has 23 heavy (non-hydrogen) atoms. The molecule has 1 aliphatic heterocycles. The molecular formula is C17H14ClNO3S. The molecule has 1 atom stereocenters. The van der Waals surface area contributed by atoms with Crippen LogP contribution in [0, 0.1) is 0 Å². The minimum Gasteiger partial charge on any atom is -0.461 e. The average molecular weight is 348 g/mol. The first-order valence-corrected chi connectivity index (χ1v) is 8.34. The Kier molecular flexibility index (Phi) is 4.88. The standard InChI is InChI=1S/C17H14ClNO3S/c18-12-5-3-4-11(8-12)10-22-16(20)9-15-17(21)19-13-6-1-2-7-14(13)23-15/h1-8,15H,9-10H2,(H,19,21)/t15-/m1/s1. The number of carbonyl (C=O) groups is 2. The molecule has 0 unspecified atom stereocenters. The molecule has 1 N–H and O–H groups in total. The third kappa shape index (κ3) is 4.06. The van der Waals surface area contributed by atoms with Crippen LogP contribution in [0.2, 0.25) is 5.02 Å². The van der Waals surface area contributed by atoms with E-state index < -0.39 is 11.2 Å². The van der Waals surface area contributed by atoms with Crippen molar-refractivity contribution in [3.63, 3.8) is 0 Å². The number of benzene rings is 2. The van der Waals surface area contributed by atoms with Crippen molar-refractivity contribution in [3.8, 4) is 0 Å². The number of anilines is 1. The lowest BCUT2D eigenvalue weighted by atomic mass is 10.2. The van der Waals surface area contributed by atoms with E-state index >= 15 is 0 Å². The summed E-state index contributed by atoms with van der Waals surface area (Å²) < 4.78 is 5.23. The van der Waals surface area contributed by atoms with Gasteiger partial charge in [0.2, 0.25) is 5.91 Å². The summed E-state index contributed by atoms with van der Waals surface area (Å²) in [6, 6.07) is 14.7. The van der Waals surface area contributed by atoms with Crippen molar-refractivity contribution in [2.24, 2.45) is 0 Å². The van der Waals surface area contributed by atoms with Gasteiger partial charge < -0.3 is 10.1 Å². The number of hydrogen-bond donors (Lipinski definition) is 1. The first-order chi connectivity index (χ1) is 11.1. The van der Waals surface area contributed by atoms with Gasteiger partial charge in [-0.1, -0.05) is 35.9 Å². The van der Waals surface area contributed by atoms with E-state index in [1.807, 2.05) is 30.3 Å². The minimum atomic E-state index is -0.475. The summed E-state index contributed by atoms with van der Waals surface area (Å²) in [6.45, 7) is 0.148. The Labute approximate surface area is 143 Å². The normalized spacial score (nSPS) is 16.4. The molecule has 0 bridgehead atoms. The highest BCUT2D eigenvalue weighted by Crippen LogP contribution is 2.36. The van der Waals surface area contributed by atoms with Crippen LogP contribution in [0.5, 0.6) is 0 Å². The Balaban J connectivity index is 1.57. The molecule has 0 saturated heterocycles. The van der Waals surface area contributed by atoms with Gasteiger partial charge in [0.25, 0.3) is 0 Å². The van der Waals surface area contributed by atoms with E-state index in [2.05, 4.69) is 5.32 Å². The third-order valence-corrected chi connectivity index (χ3v) is 4.86. The van der Waals surface area contributed by atoms with Crippen LogP contribution in [0.4, 0.5) is 5.69 Å². The highest BCUT2D eigenvalue weighted by atomic mass is 35.5. The first-order valence-electron chi connectivity index (χ1n) is 7.08. The fraction of sp³-hybridized carbons (Fsp3) is 0.176. The number of nitrogens with one attached hydrogen (secondary N) is 1. The molecular weight excluding hydrogens is 334 g/mol. The number of para-hydroxylation sites is 1. The number of ether oxygens (including phenoxy) is 1. The predicted octanol–water partition coefficient (Wildman–Crippen LogP) is 3.89. The molecule has 2 aromatic rings. The van der Waals surface area contributed by atoms with Crippen LogP contribution in [0.25, 0.3) is 0 Å². The van der Waals surface area contributed by atoms with Crippen molar-refractivity contribution in [1.82, 2.24) is 0 Å². The van der Waals surface area contributed by atoms with Crippen molar-refractivity contribution in [1.29, 1.82) is 0 Å². The zero-order valence-electron chi connectivity index (χ0n) is 12.1. The van der Waals surface area contributed by atoms with Gasteiger partial charge in [-0.2, -0.15) is 0 Å².